The first-order valence-electron chi connectivity index (χ1n) is 7.07. The molecular weight excluding hydrogens is 288 g/mol. The first-order chi connectivity index (χ1) is 9.67. The van der Waals surface area contributed by atoms with Crippen LogP contribution in [0.5, 0.6) is 5.75 Å². The molecule has 0 aliphatic rings. The molecule has 0 aliphatic heterocycles. The van der Waals surface area contributed by atoms with E-state index in [1.54, 1.807) is 33.1 Å². The molecule has 0 heterocycles. The standard InChI is InChI=1S/C15H26N2O3S/c1-10(2)6-13(16)9-17-21(18,19)15-11(3)7-14(20-5)8-12(15)4/h7-8,10,13,17H,6,9,16H2,1-5H3. The van der Waals surface area contributed by atoms with E-state index in [0.717, 1.165) is 6.42 Å². The van der Waals surface area contributed by atoms with Crippen molar-refractivity contribution in [1.29, 1.82) is 0 Å². The summed E-state index contributed by atoms with van der Waals surface area (Å²) in [6, 6.07) is 3.25. The molecule has 0 bridgehead atoms. The zero-order valence-corrected chi connectivity index (χ0v) is 14.3. The Hall–Kier alpha value is -1.11. The molecule has 6 heteroatoms. The largest absolute Gasteiger partial charge is 0.497 e. The van der Waals surface area contributed by atoms with E-state index >= 15 is 0 Å². The highest BCUT2D eigenvalue weighted by atomic mass is 32.2. The Bertz CT molecular complexity index is 560. The Morgan fingerprint density at radius 1 is 1.24 bits per heavy atom. The number of methoxy groups -OCH3 is 1. The Labute approximate surface area is 127 Å². The summed E-state index contributed by atoms with van der Waals surface area (Å²) < 4.78 is 32.7. The summed E-state index contributed by atoms with van der Waals surface area (Å²) in [4.78, 5) is 0.306. The molecule has 5 nitrogen and oxygen atoms in total. The lowest BCUT2D eigenvalue weighted by Gasteiger charge is -2.17. The fraction of sp³-hybridized carbons (Fsp3) is 0.600. The summed E-state index contributed by atoms with van der Waals surface area (Å²) in [7, 11) is -2.00. The predicted molar refractivity (Wildman–Crippen MR) is 85.1 cm³/mol. The molecule has 1 aromatic carbocycles. The lowest BCUT2D eigenvalue weighted by Crippen LogP contribution is -2.38. The van der Waals surface area contributed by atoms with Crippen molar-refractivity contribution < 1.29 is 13.2 Å². The smallest absolute Gasteiger partial charge is 0.241 e. The lowest BCUT2D eigenvalue weighted by molar-refractivity contribution is 0.413. The number of benzene rings is 1. The van der Waals surface area contributed by atoms with Crippen LogP contribution in [0.3, 0.4) is 0 Å². The summed E-state index contributed by atoms with van der Waals surface area (Å²) in [6.07, 6.45) is 0.781. The number of nitrogens with two attached hydrogens (primary N) is 1. The molecule has 0 amide bonds. The molecule has 1 aromatic rings. The van der Waals surface area contributed by atoms with Gasteiger partial charge in [-0.05, 0) is 49.4 Å². The molecule has 3 N–H and O–H groups in total. The summed E-state index contributed by atoms with van der Waals surface area (Å²) in [6.45, 7) is 7.89. The fourth-order valence-corrected chi connectivity index (χ4v) is 3.97. The van der Waals surface area contributed by atoms with E-state index in [1.165, 1.54) is 0 Å². The van der Waals surface area contributed by atoms with Crippen LogP contribution in [-0.2, 0) is 10.0 Å². The lowest BCUT2D eigenvalue weighted by atomic mass is 10.1. The number of hydrogen-bond donors (Lipinski definition) is 2. The van der Waals surface area contributed by atoms with Gasteiger partial charge in [0.2, 0.25) is 10.0 Å². The zero-order chi connectivity index (χ0) is 16.2. The van der Waals surface area contributed by atoms with Gasteiger partial charge in [-0.3, -0.25) is 0 Å². The first kappa shape index (κ1) is 17.9. The molecular formula is C15H26N2O3S. The Morgan fingerprint density at radius 3 is 2.19 bits per heavy atom. The molecule has 0 spiro atoms. The van der Waals surface area contributed by atoms with Gasteiger partial charge in [0.15, 0.2) is 0 Å². The van der Waals surface area contributed by atoms with Gasteiger partial charge >= 0.3 is 0 Å². The van der Waals surface area contributed by atoms with E-state index in [1.807, 2.05) is 0 Å². The molecule has 0 fully saturated rings. The maximum absolute atomic E-state index is 12.5. The van der Waals surface area contributed by atoms with E-state index in [2.05, 4.69) is 18.6 Å². The molecule has 0 saturated heterocycles. The number of aryl methyl sites for hydroxylation is 2. The number of ether oxygens (including phenoxy) is 1. The minimum absolute atomic E-state index is 0.182. The van der Waals surface area contributed by atoms with Crippen LogP contribution in [0.15, 0.2) is 17.0 Å². The summed E-state index contributed by atoms with van der Waals surface area (Å²) >= 11 is 0. The summed E-state index contributed by atoms with van der Waals surface area (Å²) in [5, 5.41) is 0. The number of hydrogen-bond acceptors (Lipinski definition) is 4. The van der Waals surface area contributed by atoms with Crippen LogP contribution in [0.2, 0.25) is 0 Å². The number of rotatable bonds is 7. The van der Waals surface area contributed by atoms with Gasteiger partial charge in [-0.25, -0.2) is 13.1 Å². The van der Waals surface area contributed by atoms with E-state index in [9.17, 15) is 8.42 Å². The van der Waals surface area contributed by atoms with Crippen LogP contribution in [0.25, 0.3) is 0 Å². The van der Waals surface area contributed by atoms with Crippen molar-refractivity contribution in [2.75, 3.05) is 13.7 Å². The first-order valence-corrected chi connectivity index (χ1v) is 8.56. The van der Waals surface area contributed by atoms with Gasteiger partial charge in [0.1, 0.15) is 5.75 Å². The summed E-state index contributed by atoms with van der Waals surface area (Å²) in [5.74, 6) is 1.09. The molecule has 120 valence electrons. The van der Waals surface area contributed by atoms with Crippen molar-refractivity contribution in [3.8, 4) is 5.75 Å². The molecule has 0 aromatic heterocycles. The van der Waals surface area contributed by atoms with Gasteiger partial charge in [0.05, 0.1) is 12.0 Å². The van der Waals surface area contributed by atoms with Crippen molar-refractivity contribution in [3.63, 3.8) is 0 Å². The highest BCUT2D eigenvalue weighted by molar-refractivity contribution is 7.89. The fourth-order valence-electron chi connectivity index (χ4n) is 2.43. The van der Waals surface area contributed by atoms with Crippen LogP contribution in [0.4, 0.5) is 0 Å². The maximum atomic E-state index is 12.5. The molecule has 1 atom stereocenters. The minimum Gasteiger partial charge on any atom is -0.497 e. The van der Waals surface area contributed by atoms with Crippen molar-refractivity contribution in [3.05, 3.63) is 23.3 Å². The molecule has 0 saturated carbocycles. The second-order valence-corrected chi connectivity index (χ2v) is 7.54. The van der Waals surface area contributed by atoms with Crippen LogP contribution in [0, 0.1) is 19.8 Å². The highest BCUT2D eigenvalue weighted by Gasteiger charge is 2.21. The summed E-state index contributed by atoms with van der Waals surface area (Å²) in [5.41, 5.74) is 7.26. The average molecular weight is 314 g/mol. The highest BCUT2D eigenvalue weighted by Crippen LogP contribution is 2.25. The quantitative estimate of drug-likeness (QED) is 0.806. The van der Waals surface area contributed by atoms with Crippen LogP contribution in [0.1, 0.15) is 31.4 Å². The average Bonchev–Trinajstić information content (AvgIpc) is 2.34. The molecule has 0 aliphatic carbocycles. The van der Waals surface area contributed by atoms with Gasteiger partial charge < -0.3 is 10.5 Å². The van der Waals surface area contributed by atoms with Gasteiger partial charge in [0, 0.05) is 12.6 Å². The zero-order valence-electron chi connectivity index (χ0n) is 13.4. The second-order valence-electron chi connectivity index (χ2n) is 5.83. The molecule has 1 rings (SSSR count). The Balaban J connectivity index is 2.93. The monoisotopic (exact) mass is 314 g/mol. The minimum atomic E-state index is -3.56. The van der Waals surface area contributed by atoms with Crippen LogP contribution in [-0.4, -0.2) is 28.1 Å². The van der Waals surface area contributed by atoms with E-state index in [-0.39, 0.29) is 12.6 Å². The normalized spacial score (nSPS) is 13.5. The molecule has 0 radical (unpaired) electrons. The van der Waals surface area contributed by atoms with Crippen molar-refractivity contribution in [2.45, 2.75) is 45.1 Å². The molecule has 1 unspecified atom stereocenters. The Kier molecular flexibility index (Phi) is 6.19. The van der Waals surface area contributed by atoms with E-state index in [4.69, 9.17) is 10.5 Å². The van der Waals surface area contributed by atoms with Gasteiger partial charge in [-0.2, -0.15) is 0 Å². The number of sulfonamides is 1. The number of nitrogens with one attached hydrogen (secondary N) is 1. The third kappa shape index (κ3) is 4.98. The van der Waals surface area contributed by atoms with Crippen LogP contribution >= 0.6 is 0 Å². The third-order valence-electron chi connectivity index (χ3n) is 3.25. The van der Waals surface area contributed by atoms with Gasteiger partial charge in [0.25, 0.3) is 0 Å². The van der Waals surface area contributed by atoms with Crippen molar-refractivity contribution >= 4 is 10.0 Å². The topological polar surface area (TPSA) is 81.4 Å². The van der Waals surface area contributed by atoms with E-state index < -0.39 is 10.0 Å². The van der Waals surface area contributed by atoms with E-state index in [0.29, 0.717) is 27.7 Å². The third-order valence-corrected chi connectivity index (χ3v) is 4.98. The SMILES string of the molecule is COc1cc(C)c(S(=O)(=O)NCC(N)CC(C)C)c(C)c1. The Morgan fingerprint density at radius 2 is 1.76 bits per heavy atom. The second kappa shape index (κ2) is 7.24. The maximum Gasteiger partial charge on any atom is 0.241 e. The van der Waals surface area contributed by atoms with Gasteiger partial charge in [-0.1, -0.05) is 13.8 Å². The van der Waals surface area contributed by atoms with Crippen molar-refractivity contribution in [2.24, 2.45) is 11.7 Å². The predicted octanol–water partition coefficient (Wildman–Crippen LogP) is 1.96. The van der Waals surface area contributed by atoms with Crippen molar-refractivity contribution in [1.82, 2.24) is 4.72 Å². The van der Waals surface area contributed by atoms with Crippen LogP contribution < -0.4 is 15.2 Å². The molecule has 21 heavy (non-hydrogen) atoms. The van der Waals surface area contributed by atoms with Gasteiger partial charge in [-0.15, -0.1) is 0 Å².